The summed E-state index contributed by atoms with van der Waals surface area (Å²) in [6, 6.07) is 57.7. The van der Waals surface area contributed by atoms with Crippen molar-refractivity contribution in [2.45, 2.75) is 6.42 Å². The Kier molecular flexibility index (Phi) is 5.64. The van der Waals surface area contributed by atoms with Gasteiger partial charge in [0.2, 0.25) is 0 Å². The third kappa shape index (κ3) is 4.00. The first kappa shape index (κ1) is 23.7. The summed E-state index contributed by atoms with van der Waals surface area (Å²) >= 11 is 0. The Morgan fingerprint density at radius 3 is 1.56 bits per heavy atom. The van der Waals surface area contributed by atoms with Crippen LogP contribution in [0.1, 0.15) is 11.1 Å². The Bertz CT molecular complexity index is 2210. The standard InChI is InChI=1S/C41H28/c1-3-13-28(14-4-1)39-35-22-9-10-23-36(35)40(29-15-5-2-6-16-29)41-34(21-12-24-37(39)41)26-33-20-11-19-32-25-30-17-7-8-18-31(30)27-38(32)33/h1-25,27H,26H2. The molecule has 0 aliphatic rings. The molecule has 0 aromatic heterocycles. The van der Waals surface area contributed by atoms with Crippen LogP contribution >= 0.6 is 0 Å². The Labute approximate surface area is 240 Å². The van der Waals surface area contributed by atoms with E-state index in [-0.39, 0.29) is 0 Å². The lowest BCUT2D eigenvalue weighted by molar-refractivity contribution is 1.24. The van der Waals surface area contributed by atoms with Crippen LogP contribution in [0.4, 0.5) is 0 Å². The molecule has 192 valence electrons. The van der Waals surface area contributed by atoms with E-state index in [1.165, 1.54) is 76.5 Å². The monoisotopic (exact) mass is 520 g/mol. The van der Waals surface area contributed by atoms with Crippen molar-refractivity contribution in [1.82, 2.24) is 0 Å². The second-order valence-electron chi connectivity index (χ2n) is 10.9. The molecule has 0 saturated carbocycles. The van der Waals surface area contributed by atoms with Gasteiger partial charge in [-0.3, -0.25) is 0 Å². The van der Waals surface area contributed by atoms with Crippen molar-refractivity contribution in [3.63, 3.8) is 0 Å². The fraction of sp³-hybridized carbons (Fsp3) is 0.0244. The van der Waals surface area contributed by atoms with E-state index in [9.17, 15) is 0 Å². The summed E-state index contributed by atoms with van der Waals surface area (Å²) in [7, 11) is 0. The maximum Gasteiger partial charge on any atom is -0.00132 e. The summed E-state index contributed by atoms with van der Waals surface area (Å²) in [5, 5.41) is 10.4. The maximum absolute atomic E-state index is 2.37. The van der Waals surface area contributed by atoms with Gasteiger partial charge in [-0.15, -0.1) is 0 Å². The van der Waals surface area contributed by atoms with Crippen molar-refractivity contribution in [3.05, 3.63) is 169 Å². The lowest BCUT2D eigenvalue weighted by atomic mass is 9.83. The van der Waals surface area contributed by atoms with Crippen LogP contribution in [0, 0.1) is 0 Å². The first-order valence-corrected chi connectivity index (χ1v) is 14.3. The first-order chi connectivity index (χ1) is 20.3. The van der Waals surface area contributed by atoms with Crippen LogP contribution in [0.5, 0.6) is 0 Å². The molecule has 8 aromatic rings. The highest BCUT2D eigenvalue weighted by Gasteiger charge is 2.19. The SMILES string of the molecule is c1ccc(-c2c3ccccc3c(-c3ccccc3)c3c(Cc4cccc5cc6ccccc6cc45)cccc23)cc1. The van der Waals surface area contributed by atoms with Crippen LogP contribution in [0.15, 0.2) is 158 Å². The van der Waals surface area contributed by atoms with Crippen molar-refractivity contribution in [2.75, 3.05) is 0 Å². The molecule has 0 aliphatic carbocycles. The average molecular weight is 521 g/mol. The van der Waals surface area contributed by atoms with Gasteiger partial charge >= 0.3 is 0 Å². The predicted molar refractivity (Wildman–Crippen MR) is 177 cm³/mol. The molecule has 0 fully saturated rings. The van der Waals surface area contributed by atoms with Gasteiger partial charge in [0.05, 0.1) is 0 Å². The molecule has 0 radical (unpaired) electrons. The Balaban J connectivity index is 1.46. The number of hydrogen-bond donors (Lipinski definition) is 0. The Morgan fingerprint density at radius 1 is 0.317 bits per heavy atom. The number of fused-ring (bicyclic) bond motifs is 4. The lowest BCUT2D eigenvalue weighted by Crippen LogP contribution is -1.97. The Morgan fingerprint density at radius 2 is 0.829 bits per heavy atom. The zero-order valence-electron chi connectivity index (χ0n) is 22.7. The topological polar surface area (TPSA) is 0 Å². The molecule has 0 N–H and O–H groups in total. The third-order valence-electron chi connectivity index (χ3n) is 8.48. The van der Waals surface area contributed by atoms with Crippen molar-refractivity contribution >= 4 is 43.1 Å². The van der Waals surface area contributed by atoms with Gasteiger partial charge in [0.15, 0.2) is 0 Å². The van der Waals surface area contributed by atoms with E-state index in [0.717, 1.165) is 6.42 Å². The molecular formula is C41H28. The maximum atomic E-state index is 2.37. The number of benzene rings is 8. The largest absolute Gasteiger partial charge is 0.0622 e. The highest BCUT2D eigenvalue weighted by atomic mass is 14.2. The normalized spacial score (nSPS) is 11.5. The van der Waals surface area contributed by atoms with Crippen molar-refractivity contribution < 1.29 is 0 Å². The molecule has 0 unspecified atom stereocenters. The quantitative estimate of drug-likeness (QED) is 0.202. The summed E-state index contributed by atoms with van der Waals surface area (Å²) in [6.07, 6.45) is 0.861. The second-order valence-corrected chi connectivity index (χ2v) is 10.9. The lowest BCUT2D eigenvalue weighted by Gasteiger charge is -2.20. The first-order valence-electron chi connectivity index (χ1n) is 14.3. The highest BCUT2D eigenvalue weighted by Crippen LogP contribution is 2.45. The third-order valence-corrected chi connectivity index (χ3v) is 8.48. The summed E-state index contributed by atoms with van der Waals surface area (Å²) in [4.78, 5) is 0. The van der Waals surface area contributed by atoms with E-state index in [0.29, 0.717) is 0 Å². The van der Waals surface area contributed by atoms with E-state index in [1.54, 1.807) is 0 Å². The van der Waals surface area contributed by atoms with Gasteiger partial charge < -0.3 is 0 Å². The molecule has 0 nitrogen and oxygen atoms in total. The van der Waals surface area contributed by atoms with Gasteiger partial charge in [-0.25, -0.2) is 0 Å². The zero-order chi connectivity index (χ0) is 27.2. The van der Waals surface area contributed by atoms with Crippen molar-refractivity contribution in [3.8, 4) is 22.3 Å². The second kappa shape index (κ2) is 9.77. The van der Waals surface area contributed by atoms with Gasteiger partial charge in [-0.1, -0.05) is 146 Å². The molecule has 0 heterocycles. The highest BCUT2D eigenvalue weighted by molar-refractivity contribution is 6.22. The predicted octanol–water partition coefficient (Wildman–Crippen LogP) is 11.2. The fourth-order valence-electron chi connectivity index (χ4n) is 6.66. The summed E-state index contributed by atoms with van der Waals surface area (Å²) < 4.78 is 0. The summed E-state index contributed by atoms with van der Waals surface area (Å²) in [5.74, 6) is 0. The van der Waals surface area contributed by atoms with E-state index >= 15 is 0 Å². The average Bonchev–Trinajstić information content (AvgIpc) is 3.04. The van der Waals surface area contributed by atoms with Gasteiger partial charge in [-0.05, 0) is 95.0 Å². The van der Waals surface area contributed by atoms with E-state index < -0.39 is 0 Å². The van der Waals surface area contributed by atoms with E-state index in [2.05, 4.69) is 158 Å². The Hall–Kier alpha value is -5.20. The van der Waals surface area contributed by atoms with Crippen molar-refractivity contribution in [2.24, 2.45) is 0 Å². The van der Waals surface area contributed by atoms with Crippen molar-refractivity contribution in [1.29, 1.82) is 0 Å². The van der Waals surface area contributed by atoms with Gasteiger partial charge in [0, 0.05) is 0 Å². The van der Waals surface area contributed by atoms with Gasteiger partial charge in [0.1, 0.15) is 0 Å². The van der Waals surface area contributed by atoms with Crippen LogP contribution in [0.2, 0.25) is 0 Å². The summed E-state index contributed by atoms with van der Waals surface area (Å²) in [5.41, 5.74) is 7.84. The van der Waals surface area contributed by atoms with Gasteiger partial charge in [-0.2, -0.15) is 0 Å². The minimum atomic E-state index is 0.861. The molecule has 8 aromatic carbocycles. The molecule has 0 amide bonds. The number of hydrogen-bond acceptors (Lipinski definition) is 0. The molecular weight excluding hydrogens is 492 g/mol. The van der Waals surface area contributed by atoms with Crippen LogP contribution in [0.25, 0.3) is 65.3 Å². The number of rotatable bonds is 4. The van der Waals surface area contributed by atoms with Gasteiger partial charge in [0.25, 0.3) is 0 Å². The molecule has 0 spiro atoms. The molecule has 0 heteroatoms. The van der Waals surface area contributed by atoms with Crippen LogP contribution in [-0.4, -0.2) is 0 Å². The fourth-order valence-corrected chi connectivity index (χ4v) is 6.66. The summed E-state index contributed by atoms with van der Waals surface area (Å²) in [6.45, 7) is 0. The smallest absolute Gasteiger partial charge is 0.00132 e. The molecule has 0 atom stereocenters. The molecule has 0 bridgehead atoms. The minimum absolute atomic E-state index is 0.861. The zero-order valence-corrected chi connectivity index (χ0v) is 22.7. The van der Waals surface area contributed by atoms with Crippen LogP contribution < -0.4 is 0 Å². The van der Waals surface area contributed by atoms with Crippen LogP contribution in [0.3, 0.4) is 0 Å². The molecule has 0 saturated heterocycles. The minimum Gasteiger partial charge on any atom is -0.0622 e. The molecule has 8 rings (SSSR count). The molecule has 0 aliphatic heterocycles. The van der Waals surface area contributed by atoms with Crippen LogP contribution in [-0.2, 0) is 6.42 Å². The molecule has 41 heavy (non-hydrogen) atoms. The van der Waals surface area contributed by atoms with E-state index in [4.69, 9.17) is 0 Å². The van der Waals surface area contributed by atoms with E-state index in [1.807, 2.05) is 0 Å².